The second-order valence-corrected chi connectivity index (χ2v) is 35.0. The lowest BCUT2D eigenvalue weighted by atomic mass is 9.97. The normalized spacial score (nSPS) is 13.5. The van der Waals surface area contributed by atoms with Crippen LogP contribution in [0.15, 0.2) is 86.4 Å². The Morgan fingerprint density at radius 1 is 0.371 bits per heavy atom. The van der Waals surface area contributed by atoms with E-state index in [2.05, 4.69) is 75.5 Å². The molecule has 0 aliphatic rings. The van der Waals surface area contributed by atoms with Crippen molar-refractivity contribution < 1.29 is 90.2 Å². The molecular weight excluding hydrogens is 1690 g/mol. The van der Waals surface area contributed by atoms with Crippen LogP contribution in [-0.4, -0.2) is 151 Å². The van der Waals surface area contributed by atoms with Gasteiger partial charge in [-0.3, -0.25) is 47.9 Å². The highest BCUT2D eigenvalue weighted by Crippen LogP contribution is 2.23. The Bertz CT molecular complexity index is 4150. The maximum Gasteiger partial charge on any atom is 0.519 e. The molecule has 0 radical (unpaired) electrons. The number of rotatable bonds is 66. The molecule has 0 saturated heterocycles. The van der Waals surface area contributed by atoms with Gasteiger partial charge in [0.2, 0.25) is 59.1 Å². The first-order chi connectivity index (χ1) is 62.9. The molecular formula is C100H160N12O20. The summed E-state index contributed by atoms with van der Waals surface area (Å²) in [5.41, 5.74) is 19.3. The molecule has 32 nitrogen and oxygen atoms in total. The highest BCUT2D eigenvalue weighted by atomic mass is 16.6. The van der Waals surface area contributed by atoms with Crippen molar-refractivity contribution in [2.75, 3.05) is 19.6 Å². The number of esters is 2. The van der Waals surface area contributed by atoms with Gasteiger partial charge in [-0.1, -0.05) is 216 Å². The van der Waals surface area contributed by atoms with Crippen LogP contribution in [-0.2, 0) is 93.0 Å². The highest BCUT2D eigenvalue weighted by molar-refractivity contribution is 5.95. The largest absolute Gasteiger partial charge is 0.519 e. The molecule has 11 atom stereocenters. The van der Waals surface area contributed by atoms with Crippen LogP contribution >= 0.6 is 0 Å². The molecule has 0 aliphatic heterocycles. The van der Waals surface area contributed by atoms with E-state index in [1.54, 1.807) is 93.6 Å². The number of carbonyl (C=O) groups is 14. The molecule has 132 heavy (non-hydrogen) atoms. The van der Waals surface area contributed by atoms with Crippen LogP contribution in [0, 0.1) is 30.6 Å². The van der Waals surface area contributed by atoms with Gasteiger partial charge in [0.05, 0.1) is 0 Å². The minimum atomic E-state index is -0.910. The minimum Gasteiger partial charge on any atom is -0.486 e. The average molecular weight is 1850 g/mol. The SMILES string of the molecule is CCCCCC(=O)NC(Cc1ccc(OC(=O)C(N)C(C)C)cc1)C(=O)NC(C(=O)NCCCCCC(C)=O)C(C)CC.CCCCCC(=O)NC(Cc1ccc(OC(=O)C(N)CCCCC)cc1)C(=O)NC(C(=O)NCCCCCC(N)=O)C(C)CC.CCCCCC(=O)NC(Cc1ccc(OCc2oc(=O)oc2C)cc1)C(=O)NC(C(=O)NCCCCCC(C)=O)C(C)CC. The Hall–Kier alpha value is -10.6. The van der Waals surface area contributed by atoms with E-state index < -0.39 is 83.8 Å². The molecule has 15 N–H and O–H groups in total. The molecule has 0 saturated carbocycles. The van der Waals surface area contributed by atoms with E-state index >= 15 is 0 Å². The molecule has 10 amide bonds. The van der Waals surface area contributed by atoms with E-state index in [0.717, 1.165) is 132 Å². The standard InChI is InChI=1S/C34H57N5O6.C33H54N4O6.C33H49N3O8/c1-5-8-11-15-27(35)34(44)45-26-20-18-25(19-21-26)23-28(38-30(41)17-12-9-6-2)32(42)39-31(24(4)7-3)33(43)37-22-14-10-13-16-29(36)40;1-7-9-11-15-28(39)36-27(21-25-16-18-26(19-17-25)43-33(42)29(34)22(3)4)31(40)37-30(23(5)8-2)32(41)35-20-13-10-12-14-24(6)38;1-6-8-10-14-29(38)35-27(20-25-15-17-26(18-16-25)42-21-28-24(5)43-33(41)44-28)31(39)36-30(22(3)7-2)32(40)34-19-12-9-11-13-23(4)37/h18-21,24,27-28,31H,5-17,22-23,35H2,1-4H3,(H2,36,40)(H,37,43)(H,38,41)(H,39,42);16-19,22-23,27,29-30H,7-15,20-21,34H2,1-6H3,(H,35,41)(H,36,39)(H,37,40);15-18,22,27,30H,6-14,19-21H2,1-5H3,(H,34,40)(H,35,38)(H,36,39). The lowest BCUT2D eigenvalue weighted by Gasteiger charge is -2.27. The number of amides is 10. The van der Waals surface area contributed by atoms with Crippen molar-refractivity contribution in [2.24, 2.45) is 40.9 Å². The van der Waals surface area contributed by atoms with Gasteiger partial charge in [0.1, 0.15) is 83.8 Å². The number of aryl methyl sites for hydroxylation is 1. The van der Waals surface area contributed by atoms with E-state index in [1.165, 1.54) is 0 Å². The molecule has 4 rings (SSSR count). The summed E-state index contributed by atoms with van der Waals surface area (Å²) in [5, 5.41) is 26.0. The molecule has 1 heterocycles. The topological polar surface area (TPSA) is 496 Å². The van der Waals surface area contributed by atoms with Crippen LogP contribution in [0.5, 0.6) is 17.2 Å². The number of Topliss-reactive ketones (excluding diaryl/α,β-unsaturated/α-hetero) is 2. The third-order valence-corrected chi connectivity index (χ3v) is 22.9. The second-order valence-electron chi connectivity index (χ2n) is 35.0. The fourth-order valence-corrected chi connectivity index (χ4v) is 13.7. The third kappa shape index (κ3) is 50.8. The summed E-state index contributed by atoms with van der Waals surface area (Å²) in [4.78, 5) is 187. The number of hydrogen-bond acceptors (Lipinski definition) is 22. The molecule has 11 unspecified atom stereocenters. The summed E-state index contributed by atoms with van der Waals surface area (Å²) in [7, 11) is 0. The predicted molar refractivity (Wildman–Crippen MR) is 510 cm³/mol. The van der Waals surface area contributed by atoms with Gasteiger partial charge in [-0.2, -0.15) is 0 Å². The van der Waals surface area contributed by atoms with Crippen LogP contribution in [0.2, 0.25) is 0 Å². The van der Waals surface area contributed by atoms with Gasteiger partial charge in [-0.25, -0.2) is 14.4 Å². The Kier molecular flexibility index (Phi) is 60.8. The zero-order valence-corrected chi connectivity index (χ0v) is 81.6. The maximum absolute atomic E-state index is 13.6. The molecule has 0 spiro atoms. The number of benzene rings is 3. The zero-order valence-electron chi connectivity index (χ0n) is 81.6. The van der Waals surface area contributed by atoms with Crippen molar-refractivity contribution in [3.05, 3.63) is 112 Å². The van der Waals surface area contributed by atoms with Gasteiger partial charge in [0.15, 0.2) is 11.5 Å². The van der Waals surface area contributed by atoms with E-state index in [1.807, 2.05) is 55.4 Å². The second kappa shape index (κ2) is 68.4. The lowest BCUT2D eigenvalue weighted by molar-refractivity contribution is -0.137. The molecule has 0 bridgehead atoms. The molecule has 0 aliphatic carbocycles. The lowest BCUT2D eigenvalue weighted by Crippen LogP contribution is -2.56. The van der Waals surface area contributed by atoms with Crippen molar-refractivity contribution in [2.45, 2.75) is 377 Å². The summed E-state index contributed by atoms with van der Waals surface area (Å²) in [6.07, 6.45) is 23.0. The monoisotopic (exact) mass is 1850 g/mol. The fraction of sp³-hybridized carbons (Fsp3) is 0.650. The van der Waals surface area contributed by atoms with Gasteiger partial charge >= 0.3 is 17.8 Å². The predicted octanol–water partition coefficient (Wildman–Crippen LogP) is 12.3. The number of hydrogen-bond donors (Lipinski definition) is 12. The number of nitrogens with one attached hydrogen (secondary N) is 9. The van der Waals surface area contributed by atoms with E-state index in [-0.39, 0.29) is 102 Å². The van der Waals surface area contributed by atoms with Crippen LogP contribution in [0.4, 0.5) is 0 Å². The number of ether oxygens (including phenoxy) is 3. The zero-order chi connectivity index (χ0) is 98.5. The quantitative estimate of drug-likeness (QED) is 0.0111. The van der Waals surface area contributed by atoms with Crippen molar-refractivity contribution in [3.8, 4) is 17.2 Å². The number of unbranched alkanes of at least 4 members (excludes halogenated alkanes) is 14. The summed E-state index contributed by atoms with van der Waals surface area (Å²) < 4.78 is 26.3. The summed E-state index contributed by atoms with van der Waals surface area (Å²) in [6, 6.07) is 14.1. The van der Waals surface area contributed by atoms with Crippen molar-refractivity contribution in [1.82, 2.24) is 47.9 Å². The molecule has 3 aromatic carbocycles. The summed E-state index contributed by atoms with van der Waals surface area (Å²) >= 11 is 0. The molecule has 0 fully saturated rings. The third-order valence-electron chi connectivity index (χ3n) is 22.9. The number of ketones is 2. The number of carbonyl (C=O) groups excluding carboxylic acids is 14. The first kappa shape index (κ1) is 117. The summed E-state index contributed by atoms with van der Waals surface area (Å²) in [6.45, 7) is 29.6. The average Bonchev–Trinajstić information content (AvgIpc) is 0.933. The highest BCUT2D eigenvalue weighted by Gasteiger charge is 2.34. The van der Waals surface area contributed by atoms with Crippen LogP contribution in [0.25, 0.3) is 0 Å². The van der Waals surface area contributed by atoms with Crippen molar-refractivity contribution >= 4 is 82.6 Å². The summed E-state index contributed by atoms with van der Waals surface area (Å²) in [5.74, 6) is -3.26. The van der Waals surface area contributed by atoms with Crippen molar-refractivity contribution in [1.29, 1.82) is 0 Å². The molecule has 1 aromatic heterocycles. The van der Waals surface area contributed by atoms with Gasteiger partial charge in [-0.05, 0) is 162 Å². The Balaban J connectivity index is 0.000000670. The van der Waals surface area contributed by atoms with Crippen LogP contribution < -0.4 is 85.1 Å². The Morgan fingerprint density at radius 2 is 0.689 bits per heavy atom. The first-order valence-electron chi connectivity index (χ1n) is 48.3. The van der Waals surface area contributed by atoms with Gasteiger partial charge in [0.25, 0.3) is 0 Å². The minimum absolute atomic E-state index is 0.0211. The molecule has 32 heteroatoms. The smallest absolute Gasteiger partial charge is 0.486 e. The number of nitrogens with two attached hydrogens (primary N) is 3. The van der Waals surface area contributed by atoms with E-state index in [0.29, 0.717) is 132 Å². The Morgan fingerprint density at radius 3 is 0.992 bits per heavy atom. The van der Waals surface area contributed by atoms with E-state index in [4.69, 9.17) is 40.2 Å². The van der Waals surface area contributed by atoms with Gasteiger partial charge in [0, 0.05) is 77.4 Å². The fourth-order valence-electron chi connectivity index (χ4n) is 13.7. The van der Waals surface area contributed by atoms with Crippen molar-refractivity contribution in [3.63, 3.8) is 0 Å². The van der Waals surface area contributed by atoms with Crippen LogP contribution in [0.1, 0.15) is 324 Å². The number of primary amides is 1. The maximum atomic E-state index is 13.6. The molecule has 740 valence electrons. The van der Waals surface area contributed by atoms with Gasteiger partial charge in [-0.15, -0.1) is 0 Å². The van der Waals surface area contributed by atoms with Gasteiger partial charge < -0.3 is 97.7 Å². The van der Waals surface area contributed by atoms with E-state index in [9.17, 15) is 71.9 Å². The first-order valence-corrected chi connectivity index (χ1v) is 48.3. The van der Waals surface area contributed by atoms with Crippen LogP contribution in [0.3, 0.4) is 0 Å². The Labute approximate surface area is 783 Å². The molecule has 4 aromatic rings.